The van der Waals surface area contributed by atoms with Gasteiger partial charge >= 0.3 is 5.97 Å². The minimum Gasteiger partial charge on any atom is -0.437 e. The molecule has 0 aliphatic rings. The van der Waals surface area contributed by atoms with Gasteiger partial charge in [0, 0.05) is 11.6 Å². The lowest BCUT2D eigenvalue weighted by molar-refractivity contribution is -0.152. The van der Waals surface area contributed by atoms with Crippen molar-refractivity contribution in [3.8, 4) is 0 Å². The lowest BCUT2D eigenvalue weighted by Crippen LogP contribution is -2.38. The smallest absolute Gasteiger partial charge is 0.332 e. The standard InChI is InChI=1S/C12H15NO2/c1-4-11(14)15-12(3,13)10-8-6-5-7-9(10)2/h4-8H,1,13H2,2-3H3. The van der Waals surface area contributed by atoms with E-state index in [2.05, 4.69) is 6.58 Å². The number of nitrogens with two attached hydrogens (primary N) is 1. The Morgan fingerprint density at radius 2 is 2.13 bits per heavy atom. The molecule has 0 fully saturated rings. The van der Waals surface area contributed by atoms with Crippen molar-refractivity contribution < 1.29 is 9.53 Å². The molecule has 0 saturated carbocycles. The van der Waals surface area contributed by atoms with Crippen LogP contribution in [0, 0.1) is 6.92 Å². The van der Waals surface area contributed by atoms with Gasteiger partial charge in [-0.3, -0.25) is 5.73 Å². The first-order valence-electron chi connectivity index (χ1n) is 4.68. The van der Waals surface area contributed by atoms with Crippen LogP contribution in [0.5, 0.6) is 0 Å². The Morgan fingerprint density at radius 3 is 2.67 bits per heavy atom. The number of hydrogen-bond acceptors (Lipinski definition) is 3. The van der Waals surface area contributed by atoms with E-state index in [9.17, 15) is 4.79 Å². The van der Waals surface area contributed by atoms with Gasteiger partial charge in [-0.25, -0.2) is 4.79 Å². The number of benzene rings is 1. The van der Waals surface area contributed by atoms with Crippen LogP contribution in [0.3, 0.4) is 0 Å². The molecule has 80 valence electrons. The van der Waals surface area contributed by atoms with E-state index in [-0.39, 0.29) is 0 Å². The van der Waals surface area contributed by atoms with Crippen molar-refractivity contribution in [3.63, 3.8) is 0 Å². The van der Waals surface area contributed by atoms with Gasteiger partial charge in [-0.2, -0.15) is 0 Å². The van der Waals surface area contributed by atoms with Crippen molar-refractivity contribution in [1.82, 2.24) is 0 Å². The molecule has 1 aromatic carbocycles. The van der Waals surface area contributed by atoms with E-state index in [1.165, 1.54) is 0 Å². The van der Waals surface area contributed by atoms with E-state index in [1.807, 2.05) is 31.2 Å². The predicted octanol–water partition coefficient (Wildman–Crippen LogP) is 1.86. The molecule has 0 bridgehead atoms. The molecular weight excluding hydrogens is 190 g/mol. The lowest BCUT2D eigenvalue weighted by Gasteiger charge is -2.26. The molecule has 1 rings (SSSR count). The molecule has 2 N–H and O–H groups in total. The highest BCUT2D eigenvalue weighted by atomic mass is 16.6. The topological polar surface area (TPSA) is 52.3 Å². The molecule has 1 unspecified atom stereocenters. The van der Waals surface area contributed by atoms with Crippen molar-refractivity contribution in [2.24, 2.45) is 5.73 Å². The molecule has 1 aromatic rings. The van der Waals surface area contributed by atoms with Gasteiger partial charge in [0.1, 0.15) is 0 Å². The van der Waals surface area contributed by atoms with Crippen molar-refractivity contribution in [3.05, 3.63) is 48.0 Å². The average Bonchev–Trinajstić information content (AvgIpc) is 2.17. The average molecular weight is 205 g/mol. The van der Waals surface area contributed by atoms with Gasteiger partial charge in [-0.15, -0.1) is 0 Å². The zero-order valence-corrected chi connectivity index (χ0v) is 8.99. The number of rotatable bonds is 3. The summed E-state index contributed by atoms with van der Waals surface area (Å²) in [4.78, 5) is 11.1. The van der Waals surface area contributed by atoms with Gasteiger partial charge < -0.3 is 4.74 Å². The van der Waals surface area contributed by atoms with E-state index in [0.29, 0.717) is 0 Å². The van der Waals surface area contributed by atoms with Crippen LogP contribution in [-0.2, 0) is 15.3 Å². The maximum absolute atomic E-state index is 11.1. The summed E-state index contributed by atoms with van der Waals surface area (Å²) in [6.07, 6.45) is 1.10. The molecule has 0 heterocycles. The van der Waals surface area contributed by atoms with Crippen LogP contribution in [-0.4, -0.2) is 5.97 Å². The molecule has 0 aliphatic heterocycles. The van der Waals surface area contributed by atoms with E-state index in [0.717, 1.165) is 17.2 Å². The van der Waals surface area contributed by atoms with Gasteiger partial charge in [-0.05, 0) is 19.4 Å². The third-order valence-electron chi connectivity index (χ3n) is 2.16. The van der Waals surface area contributed by atoms with Gasteiger partial charge in [0.2, 0.25) is 0 Å². The van der Waals surface area contributed by atoms with Gasteiger partial charge in [-0.1, -0.05) is 30.8 Å². The third kappa shape index (κ3) is 2.67. The summed E-state index contributed by atoms with van der Waals surface area (Å²) in [6, 6.07) is 7.52. The molecule has 1 atom stereocenters. The van der Waals surface area contributed by atoms with Crippen molar-refractivity contribution in [2.45, 2.75) is 19.6 Å². The fraction of sp³-hybridized carbons (Fsp3) is 0.250. The number of carbonyl (C=O) groups is 1. The number of carbonyl (C=O) groups excluding carboxylic acids is 1. The summed E-state index contributed by atoms with van der Waals surface area (Å²) in [7, 11) is 0. The number of aryl methyl sites for hydroxylation is 1. The highest BCUT2D eigenvalue weighted by Gasteiger charge is 2.26. The summed E-state index contributed by atoms with van der Waals surface area (Å²) in [5.41, 5.74) is 6.59. The zero-order valence-electron chi connectivity index (χ0n) is 8.99. The normalized spacial score (nSPS) is 14.1. The molecule has 15 heavy (non-hydrogen) atoms. The first-order chi connectivity index (χ1) is 6.97. The summed E-state index contributed by atoms with van der Waals surface area (Å²) in [6.45, 7) is 6.90. The largest absolute Gasteiger partial charge is 0.437 e. The van der Waals surface area contributed by atoms with E-state index in [1.54, 1.807) is 6.92 Å². The van der Waals surface area contributed by atoms with E-state index < -0.39 is 11.7 Å². The highest BCUT2D eigenvalue weighted by molar-refractivity contribution is 5.81. The maximum atomic E-state index is 11.1. The Labute approximate surface area is 89.5 Å². The molecule has 0 amide bonds. The second kappa shape index (κ2) is 4.28. The molecule has 3 nitrogen and oxygen atoms in total. The highest BCUT2D eigenvalue weighted by Crippen LogP contribution is 2.22. The molecule has 0 saturated heterocycles. The van der Waals surface area contributed by atoms with Crippen LogP contribution in [0.1, 0.15) is 18.1 Å². The molecule has 0 radical (unpaired) electrons. The van der Waals surface area contributed by atoms with Crippen LogP contribution in [0.15, 0.2) is 36.9 Å². The van der Waals surface area contributed by atoms with Crippen LogP contribution >= 0.6 is 0 Å². The molecule has 0 aliphatic carbocycles. The summed E-state index contributed by atoms with van der Waals surface area (Å²) in [5, 5.41) is 0. The van der Waals surface area contributed by atoms with Crippen molar-refractivity contribution in [1.29, 1.82) is 0 Å². The fourth-order valence-electron chi connectivity index (χ4n) is 1.44. The van der Waals surface area contributed by atoms with Crippen molar-refractivity contribution >= 4 is 5.97 Å². The summed E-state index contributed by atoms with van der Waals surface area (Å²) in [5.74, 6) is -0.525. The van der Waals surface area contributed by atoms with Crippen LogP contribution < -0.4 is 5.73 Å². The predicted molar refractivity (Wildman–Crippen MR) is 59.0 cm³/mol. The third-order valence-corrected chi connectivity index (χ3v) is 2.16. The monoisotopic (exact) mass is 205 g/mol. The second-order valence-electron chi connectivity index (χ2n) is 3.55. The Balaban J connectivity index is 3.00. The molecule has 0 spiro atoms. The Bertz CT molecular complexity index is 383. The lowest BCUT2D eigenvalue weighted by atomic mass is 10.00. The van der Waals surface area contributed by atoms with Crippen LogP contribution in [0.2, 0.25) is 0 Å². The van der Waals surface area contributed by atoms with Gasteiger partial charge in [0.05, 0.1) is 0 Å². The maximum Gasteiger partial charge on any atom is 0.332 e. The number of hydrogen-bond donors (Lipinski definition) is 1. The fourth-order valence-corrected chi connectivity index (χ4v) is 1.44. The summed E-state index contributed by atoms with van der Waals surface area (Å²) >= 11 is 0. The van der Waals surface area contributed by atoms with E-state index >= 15 is 0 Å². The Kier molecular flexibility index (Phi) is 3.27. The molecule has 0 aromatic heterocycles. The first kappa shape index (κ1) is 11.5. The van der Waals surface area contributed by atoms with Crippen molar-refractivity contribution in [2.75, 3.05) is 0 Å². The number of esters is 1. The minimum absolute atomic E-state index is 0.525. The molecule has 3 heteroatoms. The summed E-state index contributed by atoms with van der Waals surface area (Å²) < 4.78 is 5.07. The molecular formula is C12H15NO2. The first-order valence-corrected chi connectivity index (χ1v) is 4.68. The van der Waals surface area contributed by atoms with Crippen LogP contribution in [0.4, 0.5) is 0 Å². The Morgan fingerprint density at radius 1 is 1.53 bits per heavy atom. The zero-order chi connectivity index (χ0) is 11.5. The van der Waals surface area contributed by atoms with E-state index in [4.69, 9.17) is 10.5 Å². The Hall–Kier alpha value is -1.61. The van der Waals surface area contributed by atoms with Crippen LogP contribution in [0.25, 0.3) is 0 Å². The second-order valence-corrected chi connectivity index (χ2v) is 3.55. The van der Waals surface area contributed by atoms with Gasteiger partial charge in [0.25, 0.3) is 0 Å². The quantitative estimate of drug-likeness (QED) is 0.465. The number of ether oxygens (including phenoxy) is 1. The SMILES string of the molecule is C=CC(=O)OC(C)(N)c1ccccc1C. The van der Waals surface area contributed by atoms with Gasteiger partial charge in [0.15, 0.2) is 5.72 Å². The minimum atomic E-state index is -1.11.